The lowest BCUT2D eigenvalue weighted by Crippen LogP contribution is -2.45. The van der Waals surface area contributed by atoms with Crippen molar-refractivity contribution >= 4 is 5.91 Å². The lowest BCUT2D eigenvalue weighted by atomic mass is 10.0. The second-order valence-corrected chi connectivity index (χ2v) is 14.7. The molecule has 0 aromatic heterocycles. The third-order valence-corrected chi connectivity index (χ3v) is 9.75. The van der Waals surface area contributed by atoms with Gasteiger partial charge in [0.15, 0.2) is 0 Å². The highest BCUT2D eigenvalue weighted by molar-refractivity contribution is 5.76. The molecule has 0 aliphatic carbocycles. The standard InChI is InChI=1S/C48H85NO3/c1-3-5-7-9-11-13-15-17-19-21-23-24-26-27-29-31-33-35-37-39-41-43-47(51)46(45-50)49-48(52)44-42-40-38-36-34-32-30-28-25-22-20-18-16-14-12-10-8-6-4-2/h6,8,12,14,18,20,25,28,32,34,38,40,46-47,50-51H,3-5,7,9-11,13,15-17,19,21-24,26-27,29-31,33,35-37,39,41-45H2,1-2H3,(H,49,52)/b8-6-,14-12-,20-18-,28-25-,34-32-,40-38-. The molecular weight excluding hydrogens is 639 g/mol. The smallest absolute Gasteiger partial charge is 0.220 e. The van der Waals surface area contributed by atoms with Crippen LogP contribution in [-0.4, -0.2) is 34.9 Å². The number of aliphatic hydroxyl groups excluding tert-OH is 2. The number of allylic oxidation sites excluding steroid dienone is 12. The molecule has 0 fully saturated rings. The Hall–Kier alpha value is -2.17. The Balaban J connectivity index is 3.65. The predicted molar refractivity (Wildman–Crippen MR) is 230 cm³/mol. The van der Waals surface area contributed by atoms with E-state index >= 15 is 0 Å². The maximum Gasteiger partial charge on any atom is 0.220 e. The third kappa shape index (κ3) is 39.0. The molecule has 0 bridgehead atoms. The molecule has 0 rings (SSSR count). The van der Waals surface area contributed by atoms with Crippen LogP contribution in [0.4, 0.5) is 0 Å². The molecule has 0 spiro atoms. The van der Waals surface area contributed by atoms with Crippen LogP contribution in [-0.2, 0) is 4.79 Å². The summed E-state index contributed by atoms with van der Waals surface area (Å²) in [5, 5.41) is 23.1. The van der Waals surface area contributed by atoms with Gasteiger partial charge in [-0.3, -0.25) is 4.79 Å². The van der Waals surface area contributed by atoms with Gasteiger partial charge in [0.2, 0.25) is 5.91 Å². The van der Waals surface area contributed by atoms with Crippen LogP contribution in [0.5, 0.6) is 0 Å². The molecule has 300 valence electrons. The van der Waals surface area contributed by atoms with Gasteiger partial charge in [0.05, 0.1) is 18.8 Å². The van der Waals surface area contributed by atoms with Gasteiger partial charge >= 0.3 is 0 Å². The normalized spacial score (nSPS) is 13.7. The minimum Gasteiger partial charge on any atom is -0.394 e. The van der Waals surface area contributed by atoms with E-state index < -0.39 is 12.1 Å². The van der Waals surface area contributed by atoms with Crippen molar-refractivity contribution < 1.29 is 15.0 Å². The first-order valence-electron chi connectivity index (χ1n) is 22.1. The van der Waals surface area contributed by atoms with Crippen LogP contribution in [0.25, 0.3) is 0 Å². The van der Waals surface area contributed by atoms with Crippen molar-refractivity contribution in [2.24, 2.45) is 0 Å². The number of unbranched alkanes of at least 4 members (excludes halogenated alkanes) is 20. The van der Waals surface area contributed by atoms with E-state index in [9.17, 15) is 15.0 Å². The molecule has 0 heterocycles. The average molecular weight is 724 g/mol. The Labute approximate surface area is 323 Å². The molecule has 0 aliphatic heterocycles. The highest BCUT2D eigenvalue weighted by atomic mass is 16.3. The van der Waals surface area contributed by atoms with Crippen LogP contribution >= 0.6 is 0 Å². The highest BCUT2D eigenvalue weighted by Crippen LogP contribution is 2.16. The summed E-state index contributed by atoms with van der Waals surface area (Å²) in [5.74, 6) is -0.114. The maximum absolute atomic E-state index is 12.4. The summed E-state index contributed by atoms with van der Waals surface area (Å²) >= 11 is 0. The van der Waals surface area contributed by atoms with Crippen molar-refractivity contribution in [3.8, 4) is 0 Å². The Morgan fingerprint density at radius 3 is 1.15 bits per heavy atom. The van der Waals surface area contributed by atoms with E-state index in [1.165, 1.54) is 122 Å². The van der Waals surface area contributed by atoms with E-state index in [1.807, 2.05) is 6.08 Å². The van der Waals surface area contributed by atoms with Gasteiger partial charge in [-0.25, -0.2) is 0 Å². The Kier molecular flexibility index (Phi) is 41.4. The summed E-state index contributed by atoms with van der Waals surface area (Å²) in [4.78, 5) is 12.4. The minimum absolute atomic E-state index is 0.114. The fraction of sp³-hybridized carbons (Fsp3) is 0.729. The zero-order valence-electron chi connectivity index (χ0n) is 34.3. The van der Waals surface area contributed by atoms with Gasteiger partial charge in [-0.05, 0) is 51.4 Å². The molecular formula is C48H85NO3. The van der Waals surface area contributed by atoms with Crippen LogP contribution in [0, 0.1) is 0 Å². The van der Waals surface area contributed by atoms with Gasteiger partial charge in [0.1, 0.15) is 0 Å². The number of hydrogen-bond donors (Lipinski definition) is 3. The molecule has 2 unspecified atom stereocenters. The maximum atomic E-state index is 12.4. The molecule has 52 heavy (non-hydrogen) atoms. The fourth-order valence-corrected chi connectivity index (χ4v) is 6.38. The van der Waals surface area contributed by atoms with E-state index in [1.54, 1.807) is 0 Å². The van der Waals surface area contributed by atoms with Crippen molar-refractivity contribution in [2.45, 2.75) is 219 Å². The Morgan fingerprint density at radius 1 is 0.481 bits per heavy atom. The molecule has 4 heteroatoms. The van der Waals surface area contributed by atoms with Crippen LogP contribution in [0.15, 0.2) is 72.9 Å². The number of amides is 1. The molecule has 0 aliphatic rings. The summed E-state index contributed by atoms with van der Waals surface area (Å²) in [6.45, 7) is 4.21. The van der Waals surface area contributed by atoms with E-state index in [0.717, 1.165) is 51.4 Å². The van der Waals surface area contributed by atoms with Gasteiger partial charge in [0.25, 0.3) is 0 Å². The van der Waals surface area contributed by atoms with Crippen LogP contribution in [0.2, 0.25) is 0 Å². The summed E-state index contributed by atoms with van der Waals surface area (Å²) in [5.41, 5.74) is 0. The van der Waals surface area contributed by atoms with Gasteiger partial charge in [0, 0.05) is 6.42 Å². The first kappa shape index (κ1) is 49.8. The molecule has 0 radical (unpaired) electrons. The van der Waals surface area contributed by atoms with Crippen molar-refractivity contribution in [1.29, 1.82) is 0 Å². The molecule has 0 saturated heterocycles. The van der Waals surface area contributed by atoms with E-state index in [2.05, 4.69) is 86.0 Å². The van der Waals surface area contributed by atoms with Crippen LogP contribution in [0.1, 0.15) is 206 Å². The Bertz CT molecular complexity index is 915. The number of aliphatic hydroxyl groups is 2. The largest absolute Gasteiger partial charge is 0.394 e. The number of carbonyl (C=O) groups is 1. The topological polar surface area (TPSA) is 69.6 Å². The second kappa shape index (κ2) is 43.2. The fourth-order valence-electron chi connectivity index (χ4n) is 6.38. The number of hydrogen-bond acceptors (Lipinski definition) is 3. The zero-order valence-corrected chi connectivity index (χ0v) is 34.3. The summed E-state index contributed by atoms with van der Waals surface area (Å²) in [6.07, 6.45) is 61.3. The molecule has 1 amide bonds. The van der Waals surface area contributed by atoms with Gasteiger partial charge in [-0.1, -0.05) is 222 Å². The highest BCUT2D eigenvalue weighted by Gasteiger charge is 2.19. The average Bonchev–Trinajstić information content (AvgIpc) is 3.15. The Morgan fingerprint density at radius 2 is 0.808 bits per heavy atom. The second-order valence-electron chi connectivity index (χ2n) is 14.7. The number of rotatable bonds is 39. The monoisotopic (exact) mass is 724 g/mol. The van der Waals surface area contributed by atoms with Crippen molar-refractivity contribution in [2.75, 3.05) is 6.61 Å². The van der Waals surface area contributed by atoms with E-state index in [-0.39, 0.29) is 12.5 Å². The third-order valence-electron chi connectivity index (χ3n) is 9.75. The van der Waals surface area contributed by atoms with Crippen molar-refractivity contribution in [3.05, 3.63) is 72.9 Å². The molecule has 0 aromatic rings. The summed E-state index contributed by atoms with van der Waals surface area (Å²) in [7, 11) is 0. The quantitative estimate of drug-likeness (QED) is 0.0437. The summed E-state index contributed by atoms with van der Waals surface area (Å²) < 4.78 is 0. The summed E-state index contributed by atoms with van der Waals surface area (Å²) in [6, 6.07) is -0.581. The van der Waals surface area contributed by atoms with Gasteiger partial charge < -0.3 is 15.5 Å². The van der Waals surface area contributed by atoms with Crippen LogP contribution < -0.4 is 5.32 Å². The minimum atomic E-state index is -0.694. The molecule has 3 N–H and O–H groups in total. The number of nitrogens with one attached hydrogen (secondary N) is 1. The predicted octanol–water partition coefficient (Wildman–Crippen LogP) is 13.9. The van der Waals surface area contributed by atoms with Gasteiger partial charge in [-0.2, -0.15) is 0 Å². The molecule has 4 nitrogen and oxygen atoms in total. The van der Waals surface area contributed by atoms with E-state index in [0.29, 0.717) is 19.3 Å². The first-order chi connectivity index (χ1) is 25.7. The molecule has 0 saturated carbocycles. The van der Waals surface area contributed by atoms with Crippen molar-refractivity contribution in [3.63, 3.8) is 0 Å². The van der Waals surface area contributed by atoms with Gasteiger partial charge in [-0.15, -0.1) is 0 Å². The van der Waals surface area contributed by atoms with Crippen molar-refractivity contribution in [1.82, 2.24) is 5.32 Å². The lowest BCUT2D eigenvalue weighted by Gasteiger charge is -2.22. The number of carbonyl (C=O) groups excluding carboxylic acids is 1. The van der Waals surface area contributed by atoms with E-state index in [4.69, 9.17) is 0 Å². The first-order valence-corrected chi connectivity index (χ1v) is 22.1. The SMILES string of the molecule is CC/C=C\C/C=C\C/C=C\C/C=C\C/C=C\C/C=C\CCC(=O)NC(CO)C(O)CCCCCCCCCCCCCCCCCCCCCCC. The zero-order chi connectivity index (χ0) is 37.8. The molecule has 2 atom stereocenters. The molecule has 0 aromatic carbocycles. The van der Waals surface area contributed by atoms with Crippen LogP contribution in [0.3, 0.4) is 0 Å². The lowest BCUT2D eigenvalue weighted by molar-refractivity contribution is -0.123.